The third-order valence-electron chi connectivity index (χ3n) is 17.4. The van der Waals surface area contributed by atoms with Crippen molar-refractivity contribution in [1.29, 1.82) is 0 Å². The molecule has 43 heteroatoms. The Balaban J connectivity index is 1.09. The number of ether oxygens (including phenoxy) is 15. The second-order valence-corrected chi connectivity index (χ2v) is 24.0. The zero-order chi connectivity index (χ0) is 69.9. The molecular weight excluding hydrogens is 1310 g/mol. The van der Waals surface area contributed by atoms with E-state index in [1.165, 1.54) is 0 Å². The van der Waals surface area contributed by atoms with E-state index in [9.17, 15) is 132 Å². The summed E-state index contributed by atoms with van der Waals surface area (Å²) >= 11 is 0. The van der Waals surface area contributed by atoms with E-state index in [4.69, 9.17) is 71.1 Å². The Morgan fingerprint density at radius 2 is 0.537 bits per heavy atom. The van der Waals surface area contributed by atoms with Crippen molar-refractivity contribution in [3.05, 3.63) is 0 Å². The van der Waals surface area contributed by atoms with E-state index in [-0.39, 0.29) is 0 Å². The average molecular weight is 1400 g/mol. The fourth-order valence-electron chi connectivity index (χ4n) is 12.0. The van der Waals surface area contributed by atoms with Crippen molar-refractivity contribution in [2.24, 2.45) is 0 Å². The van der Waals surface area contributed by atoms with Gasteiger partial charge in [0.1, 0.15) is 195 Å². The van der Waals surface area contributed by atoms with Crippen LogP contribution in [0.3, 0.4) is 0 Å². The normalized spacial score (nSPS) is 50.8. The summed E-state index contributed by atoms with van der Waals surface area (Å²) in [5.41, 5.74) is 0. The minimum absolute atomic E-state index is 0.762. The van der Waals surface area contributed by atoms with Gasteiger partial charge in [-0.1, -0.05) is 0 Å². The smallest absolute Gasteiger partial charge is 0.217 e. The highest BCUT2D eigenvalue weighted by atomic mass is 16.8. The lowest BCUT2D eigenvalue weighted by Crippen LogP contribution is -2.70. The van der Waals surface area contributed by atoms with E-state index in [0.717, 1.165) is 13.8 Å². The Kier molecular flexibility index (Phi) is 27.9. The van der Waals surface area contributed by atoms with Crippen LogP contribution in [0, 0.1) is 0 Å². The van der Waals surface area contributed by atoms with Crippen LogP contribution < -0.4 is 10.6 Å². The molecule has 2 amide bonds. The predicted octanol–water partition coefficient (Wildman–Crippen LogP) is -18.2. The number of rotatable bonds is 24. The van der Waals surface area contributed by atoms with Gasteiger partial charge in [-0.2, -0.15) is 0 Å². The van der Waals surface area contributed by atoms with Gasteiger partial charge < -0.3 is 204 Å². The molecular formula is C52H88N2O41. The van der Waals surface area contributed by atoms with Crippen molar-refractivity contribution in [2.75, 3.05) is 52.9 Å². The topological polar surface area (TPSA) is 682 Å². The fourth-order valence-corrected chi connectivity index (χ4v) is 12.0. The Hall–Kier alpha value is -2.62. The molecule has 95 heavy (non-hydrogen) atoms. The molecule has 0 aliphatic carbocycles. The van der Waals surface area contributed by atoms with Gasteiger partial charge in [0.25, 0.3) is 0 Å². The molecule has 8 saturated heterocycles. The molecule has 0 aromatic heterocycles. The number of carbonyl (C=O) groups is 2. The van der Waals surface area contributed by atoms with Gasteiger partial charge in [-0.25, -0.2) is 0 Å². The van der Waals surface area contributed by atoms with Crippen LogP contribution in [0.15, 0.2) is 0 Å². The van der Waals surface area contributed by atoms with Gasteiger partial charge in [-0.3, -0.25) is 9.59 Å². The maximum absolute atomic E-state index is 12.8. The van der Waals surface area contributed by atoms with Crippen LogP contribution in [-0.4, -0.2) is 433 Å². The summed E-state index contributed by atoms with van der Waals surface area (Å²) in [4.78, 5) is 24.8. The number of aliphatic hydroxyl groups excluding tert-OH is 24. The van der Waals surface area contributed by atoms with Gasteiger partial charge in [-0.15, -0.1) is 0 Å². The predicted molar refractivity (Wildman–Crippen MR) is 288 cm³/mol. The quantitative estimate of drug-likeness (QED) is 0.0427. The molecule has 8 aliphatic rings. The molecule has 0 aromatic rings. The largest absolute Gasteiger partial charge is 0.394 e. The van der Waals surface area contributed by atoms with Gasteiger partial charge in [0.2, 0.25) is 11.8 Å². The maximum atomic E-state index is 12.8. The van der Waals surface area contributed by atoms with Crippen molar-refractivity contribution in [2.45, 2.75) is 259 Å². The van der Waals surface area contributed by atoms with E-state index in [1.807, 2.05) is 0 Å². The summed E-state index contributed by atoms with van der Waals surface area (Å²) in [6.07, 6.45) is -76.6. The molecule has 43 nitrogen and oxygen atoms in total. The molecule has 8 aliphatic heterocycles. The number of hydrogen-bond acceptors (Lipinski definition) is 41. The standard InChI is InChI=1S/C52H88N2O41/c1-11(60)53-21-29(68)41(16(6-58)84-45(21)80)92-46-22(54-12(2)61)30(69)42(17(7-59)88-46)93-52-40(79)44(95-51-38(77)34(73)26(65)18(90-51)8-81-47-35(74)31(70)23(62)13(3-55)85-47)28(67)20(91-52)10-83-49-39(78)43(94-50-37(76)33(72)25(64)15(5-57)87-50)27(66)19(89-49)9-82-48-36(75)32(71)24(63)14(4-56)86-48/h13-52,55-59,62-80H,3-10H2,1-2H3,(H,53,60)(H,54,61)/t13-,14-,15-,16-,17-,18-,19-,20-,21-,22-,23-,24-,25-,26-,27-,28-,29-,30-,31+,32+,33+,34+,35+,36+,37+,38+,39+,40+,41-,42-,43+,44+,45-,46+,47+,48+,49+,50-,51-,52+/m1/s1. The first-order valence-electron chi connectivity index (χ1n) is 30.1. The van der Waals surface area contributed by atoms with Gasteiger partial charge >= 0.3 is 0 Å². The summed E-state index contributed by atoms with van der Waals surface area (Å²) in [6, 6.07) is -3.46. The molecule has 552 valence electrons. The van der Waals surface area contributed by atoms with Crippen molar-refractivity contribution >= 4 is 11.8 Å². The first-order valence-corrected chi connectivity index (χ1v) is 30.1. The Morgan fingerprint density at radius 3 is 0.937 bits per heavy atom. The molecule has 8 heterocycles. The summed E-state index contributed by atoms with van der Waals surface area (Å²) in [7, 11) is 0. The van der Waals surface area contributed by atoms with Crippen molar-refractivity contribution in [3.63, 3.8) is 0 Å². The van der Waals surface area contributed by atoms with Crippen molar-refractivity contribution < 1.29 is 203 Å². The number of amides is 2. The highest BCUT2D eigenvalue weighted by Gasteiger charge is 2.59. The van der Waals surface area contributed by atoms with Gasteiger partial charge in [0, 0.05) is 13.8 Å². The van der Waals surface area contributed by atoms with Crippen molar-refractivity contribution in [1.82, 2.24) is 10.6 Å². The summed E-state index contributed by atoms with van der Waals surface area (Å²) < 4.78 is 86.0. The van der Waals surface area contributed by atoms with Crippen molar-refractivity contribution in [3.8, 4) is 0 Å². The Bertz CT molecular complexity index is 2380. The van der Waals surface area contributed by atoms with Gasteiger partial charge in [0.05, 0.1) is 52.9 Å². The first-order chi connectivity index (χ1) is 44.9. The fraction of sp³-hybridized carbons (Fsp3) is 0.962. The lowest BCUT2D eigenvalue weighted by molar-refractivity contribution is -0.389. The van der Waals surface area contributed by atoms with Crippen LogP contribution in [0.2, 0.25) is 0 Å². The van der Waals surface area contributed by atoms with Gasteiger partial charge in [0.15, 0.2) is 50.3 Å². The molecule has 0 saturated carbocycles. The van der Waals surface area contributed by atoms with Gasteiger partial charge in [-0.05, 0) is 0 Å². The third kappa shape index (κ3) is 17.1. The molecule has 0 radical (unpaired) electrons. The van der Waals surface area contributed by atoms with Crippen LogP contribution in [0.4, 0.5) is 0 Å². The van der Waals surface area contributed by atoms with Crippen LogP contribution in [-0.2, 0) is 80.6 Å². The molecule has 0 aromatic carbocycles. The molecule has 0 bridgehead atoms. The lowest BCUT2D eigenvalue weighted by Gasteiger charge is -2.50. The number of nitrogens with one attached hydrogen (secondary N) is 2. The molecule has 8 fully saturated rings. The summed E-state index contributed by atoms with van der Waals surface area (Å²) in [5, 5.41) is 265. The maximum Gasteiger partial charge on any atom is 0.217 e. The average Bonchev–Trinajstić information content (AvgIpc) is 0.789. The first kappa shape index (κ1) is 78.1. The van der Waals surface area contributed by atoms with E-state index < -0.39 is 310 Å². The second-order valence-electron chi connectivity index (χ2n) is 24.0. The minimum atomic E-state index is -2.45. The number of hydrogen-bond donors (Lipinski definition) is 26. The molecule has 0 unspecified atom stereocenters. The van der Waals surface area contributed by atoms with E-state index in [1.54, 1.807) is 0 Å². The summed E-state index contributed by atoms with van der Waals surface area (Å²) in [5.74, 6) is -1.67. The van der Waals surface area contributed by atoms with E-state index >= 15 is 0 Å². The minimum Gasteiger partial charge on any atom is -0.394 e. The van der Waals surface area contributed by atoms with E-state index in [2.05, 4.69) is 10.6 Å². The molecule has 8 rings (SSSR count). The summed E-state index contributed by atoms with van der Waals surface area (Å²) in [6.45, 7) is -5.90. The monoisotopic (exact) mass is 1400 g/mol. The van der Waals surface area contributed by atoms with Crippen LogP contribution >= 0.6 is 0 Å². The van der Waals surface area contributed by atoms with Crippen LogP contribution in [0.5, 0.6) is 0 Å². The Morgan fingerprint density at radius 1 is 0.274 bits per heavy atom. The van der Waals surface area contributed by atoms with Crippen LogP contribution in [0.1, 0.15) is 13.8 Å². The lowest BCUT2D eigenvalue weighted by atomic mass is 9.94. The zero-order valence-corrected chi connectivity index (χ0v) is 50.4. The highest BCUT2D eigenvalue weighted by Crippen LogP contribution is 2.37. The highest BCUT2D eigenvalue weighted by molar-refractivity contribution is 5.73. The molecule has 0 spiro atoms. The number of carbonyl (C=O) groups excluding carboxylic acids is 2. The van der Waals surface area contributed by atoms with Crippen LogP contribution in [0.25, 0.3) is 0 Å². The SMILES string of the molecule is CC(=O)N[C@@H]1[C@@H](O)[C@H](O[C@@H]2O[C@H](CO)[C@@H](O[C@@H]3O[C@H](CO[C@H]4O[C@H](CO[C@H]5O[C@H](CO)[C@@H](O)[C@H](O)[C@@H]5O)[C@@H](O)[C@H](O[C@H]5O[C@H](CO)[C@@H](O)[C@H](O)[C@@H]5O)[C@@H]4O)[C@@H](O)[C@H](O[C@H]4O[C@H](CO[C@H]5O[C@H](CO)[C@@H](O)[C@H](O)[C@@H]5O)[C@@H](O)[C@H](O)[C@@H]4O)[C@@H]3O)[C@H](O)[C@H]2NC(C)=O)[C@@H](CO)O[C@H]1O. The second kappa shape index (κ2) is 33.9. The van der Waals surface area contributed by atoms with E-state index in [0.29, 0.717) is 0 Å². The zero-order valence-electron chi connectivity index (χ0n) is 50.4. The Labute approximate surface area is 536 Å². The number of aliphatic hydroxyl groups is 24. The third-order valence-corrected chi connectivity index (χ3v) is 17.4. The molecule has 40 atom stereocenters. The molecule has 26 N–H and O–H groups in total.